The van der Waals surface area contributed by atoms with Gasteiger partial charge >= 0.3 is 0 Å². The second-order valence-corrected chi connectivity index (χ2v) is 9.43. The molecule has 0 saturated heterocycles. The fraction of sp³-hybridized carbons (Fsp3) is 0.474. The third-order valence-electron chi connectivity index (χ3n) is 4.46. The van der Waals surface area contributed by atoms with Gasteiger partial charge in [0.1, 0.15) is 0 Å². The molecular weight excluding hydrogens is 394 g/mol. The van der Waals surface area contributed by atoms with Gasteiger partial charge in [0.15, 0.2) is 4.34 Å². The van der Waals surface area contributed by atoms with Crippen LogP contribution >= 0.6 is 23.1 Å². The van der Waals surface area contributed by atoms with E-state index < -0.39 is 0 Å². The van der Waals surface area contributed by atoms with E-state index in [1.54, 1.807) is 24.3 Å². The Morgan fingerprint density at radius 3 is 2.36 bits per heavy atom. The molecule has 1 aromatic heterocycles. The molecule has 1 atom stereocenters. The summed E-state index contributed by atoms with van der Waals surface area (Å²) < 4.78 is 0.780. The second kappa shape index (κ2) is 9.88. The van der Waals surface area contributed by atoms with Crippen molar-refractivity contribution in [1.82, 2.24) is 10.2 Å². The highest BCUT2D eigenvalue weighted by molar-refractivity contribution is 8.02. The molecule has 0 spiro atoms. The number of carbonyl (C=O) groups excluding carboxylic acids is 2. The van der Waals surface area contributed by atoms with Crippen LogP contribution in [-0.4, -0.2) is 33.3 Å². The van der Waals surface area contributed by atoms with E-state index in [1.165, 1.54) is 62.1 Å². The van der Waals surface area contributed by atoms with E-state index in [1.807, 2.05) is 6.92 Å². The molecule has 1 aliphatic carbocycles. The van der Waals surface area contributed by atoms with Crippen molar-refractivity contribution in [2.45, 2.75) is 61.6 Å². The standard InChI is InChI=1S/C19H25N5O2S2/c1-12(17(26)21-16-10-8-15(9-11-16)20-13(2)25)27-19-24-23-18(28-19)22-14-6-4-3-5-7-14/h8-12,14H,3-7H2,1-2H3,(H,20,25)(H,21,26)(H,22,23)/t12-/m0/s1. The zero-order valence-electron chi connectivity index (χ0n) is 16.0. The second-order valence-electron chi connectivity index (χ2n) is 6.86. The summed E-state index contributed by atoms with van der Waals surface area (Å²) in [5.74, 6) is -0.231. The van der Waals surface area contributed by atoms with Gasteiger partial charge in [0.05, 0.1) is 5.25 Å². The summed E-state index contributed by atoms with van der Waals surface area (Å²) in [6.45, 7) is 3.31. The maximum atomic E-state index is 12.4. The first-order chi connectivity index (χ1) is 13.5. The van der Waals surface area contributed by atoms with Gasteiger partial charge in [-0.25, -0.2) is 0 Å². The van der Waals surface area contributed by atoms with Gasteiger partial charge in [-0.1, -0.05) is 42.4 Å². The van der Waals surface area contributed by atoms with Gasteiger partial charge < -0.3 is 16.0 Å². The number of hydrogen-bond acceptors (Lipinski definition) is 7. The summed E-state index contributed by atoms with van der Waals surface area (Å²) in [6, 6.07) is 7.52. The largest absolute Gasteiger partial charge is 0.357 e. The molecule has 1 saturated carbocycles. The first kappa shape index (κ1) is 20.6. The molecule has 1 heterocycles. The average molecular weight is 420 g/mol. The van der Waals surface area contributed by atoms with Crippen molar-refractivity contribution in [3.05, 3.63) is 24.3 Å². The Morgan fingerprint density at radius 1 is 1.07 bits per heavy atom. The number of nitrogens with one attached hydrogen (secondary N) is 3. The van der Waals surface area contributed by atoms with Crippen LogP contribution in [0.1, 0.15) is 46.0 Å². The molecule has 7 nitrogen and oxygen atoms in total. The van der Waals surface area contributed by atoms with E-state index in [9.17, 15) is 9.59 Å². The number of thioether (sulfide) groups is 1. The highest BCUT2D eigenvalue weighted by atomic mass is 32.2. The number of amides is 2. The quantitative estimate of drug-likeness (QED) is 0.577. The van der Waals surface area contributed by atoms with Crippen LogP contribution in [0.15, 0.2) is 28.6 Å². The molecule has 1 aliphatic rings. The highest BCUT2D eigenvalue weighted by Crippen LogP contribution is 2.31. The smallest absolute Gasteiger partial charge is 0.237 e. The average Bonchev–Trinajstić information content (AvgIpc) is 3.10. The number of rotatable bonds is 7. The summed E-state index contributed by atoms with van der Waals surface area (Å²) in [4.78, 5) is 23.5. The Bertz CT molecular complexity index is 803. The minimum Gasteiger partial charge on any atom is -0.357 e. The monoisotopic (exact) mass is 419 g/mol. The van der Waals surface area contributed by atoms with Gasteiger partial charge in [-0.2, -0.15) is 0 Å². The molecule has 0 aliphatic heterocycles. The van der Waals surface area contributed by atoms with Crippen LogP contribution in [0.3, 0.4) is 0 Å². The normalized spacial score (nSPS) is 15.6. The fourth-order valence-corrected chi connectivity index (χ4v) is 5.00. The Hall–Kier alpha value is -2.13. The predicted octanol–water partition coefficient (Wildman–Crippen LogP) is 4.36. The van der Waals surface area contributed by atoms with Gasteiger partial charge in [0.25, 0.3) is 0 Å². The van der Waals surface area contributed by atoms with Crippen LogP contribution < -0.4 is 16.0 Å². The topological polar surface area (TPSA) is 96.0 Å². The number of aromatic nitrogens is 2. The van der Waals surface area contributed by atoms with Gasteiger partial charge in [-0.3, -0.25) is 9.59 Å². The maximum absolute atomic E-state index is 12.4. The lowest BCUT2D eigenvalue weighted by molar-refractivity contribution is -0.115. The molecule has 0 bridgehead atoms. The van der Waals surface area contributed by atoms with Crippen LogP contribution in [0, 0.1) is 0 Å². The van der Waals surface area contributed by atoms with Crippen molar-refractivity contribution in [3.8, 4) is 0 Å². The third kappa shape index (κ3) is 6.20. The minimum atomic E-state index is -0.300. The molecule has 9 heteroatoms. The molecule has 0 radical (unpaired) electrons. The van der Waals surface area contributed by atoms with E-state index in [0.29, 0.717) is 17.4 Å². The minimum absolute atomic E-state index is 0.103. The van der Waals surface area contributed by atoms with Crippen LogP contribution in [0.25, 0.3) is 0 Å². The van der Waals surface area contributed by atoms with E-state index in [4.69, 9.17) is 0 Å². The van der Waals surface area contributed by atoms with Gasteiger partial charge in [-0.15, -0.1) is 10.2 Å². The fourth-order valence-electron chi connectivity index (χ4n) is 3.03. The highest BCUT2D eigenvalue weighted by Gasteiger charge is 2.19. The van der Waals surface area contributed by atoms with Gasteiger partial charge in [0, 0.05) is 24.3 Å². The Labute approximate surface area is 173 Å². The Kier molecular flexibility index (Phi) is 7.27. The van der Waals surface area contributed by atoms with Crippen molar-refractivity contribution in [2.24, 2.45) is 0 Å². The summed E-state index contributed by atoms with van der Waals surface area (Å²) in [5.41, 5.74) is 1.38. The van der Waals surface area contributed by atoms with Crippen LogP contribution in [0.2, 0.25) is 0 Å². The van der Waals surface area contributed by atoms with Crippen molar-refractivity contribution < 1.29 is 9.59 Å². The molecule has 3 N–H and O–H groups in total. The molecule has 1 fully saturated rings. The lowest BCUT2D eigenvalue weighted by Crippen LogP contribution is -2.22. The van der Waals surface area contributed by atoms with Gasteiger partial charge in [0.2, 0.25) is 16.9 Å². The van der Waals surface area contributed by atoms with Crippen molar-refractivity contribution in [2.75, 3.05) is 16.0 Å². The molecule has 2 aromatic rings. The zero-order chi connectivity index (χ0) is 19.9. The van der Waals surface area contributed by atoms with Crippen molar-refractivity contribution >= 4 is 51.4 Å². The number of carbonyl (C=O) groups is 2. The molecule has 28 heavy (non-hydrogen) atoms. The molecule has 0 unspecified atom stereocenters. The van der Waals surface area contributed by atoms with E-state index in [-0.39, 0.29) is 17.1 Å². The maximum Gasteiger partial charge on any atom is 0.237 e. The van der Waals surface area contributed by atoms with Crippen molar-refractivity contribution in [1.29, 1.82) is 0 Å². The van der Waals surface area contributed by atoms with Gasteiger partial charge in [-0.05, 0) is 44.0 Å². The van der Waals surface area contributed by atoms with E-state index in [2.05, 4.69) is 26.1 Å². The van der Waals surface area contributed by atoms with E-state index >= 15 is 0 Å². The zero-order valence-corrected chi connectivity index (χ0v) is 17.7. The Morgan fingerprint density at radius 2 is 1.71 bits per heavy atom. The molecule has 150 valence electrons. The van der Waals surface area contributed by atoms with Crippen LogP contribution in [-0.2, 0) is 9.59 Å². The Balaban J connectivity index is 1.49. The molecule has 1 aromatic carbocycles. The first-order valence-electron chi connectivity index (χ1n) is 9.45. The molecule has 2 amide bonds. The van der Waals surface area contributed by atoms with Crippen molar-refractivity contribution in [3.63, 3.8) is 0 Å². The first-order valence-corrected chi connectivity index (χ1v) is 11.1. The van der Waals surface area contributed by atoms with Crippen LogP contribution in [0.4, 0.5) is 16.5 Å². The summed E-state index contributed by atoms with van der Waals surface area (Å²) in [5, 5.41) is 18.0. The summed E-state index contributed by atoms with van der Waals surface area (Å²) >= 11 is 2.90. The number of benzene rings is 1. The number of hydrogen-bond donors (Lipinski definition) is 3. The predicted molar refractivity (Wildman–Crippen MR) is 115 cm³/mol. The van der Waals surface area contributed by atoms with E-state index in [0.717, 1.165) is 9.47 Å². The molecular formula is C19H25N5O2S2. The lowest BCUT2D eigenvalue weighted by atomic mass is 9.96. The molecule has 3 rings (SSSR count). The van der Waals surface area contributed by atoms with Crippen LogP contribution in [0.5, 0.6) is 0 Å². The summed E-state index contributed by atoms with van der Waals surface area (Å²) in [6.07, 6.45) is 6.21. The lowest BCUT2D eigenvalue weighted by Gasteiger charge is -2.21. The SMILES string of the molecule is CC(=O)Nc1ccc(NC(=O)[C@H](C)Sc2nnc(NC3CCCCC3)s2)cc1. The third-order valence-corrected chi connectivity index (χ3v) is 6.50. The number of nitrogens with zero attached hydrogens (tertiary/aromatic N) is 2. The number of anilines is 3. The summed E-state index contributed by atoms with van der Waals surface area (Å²) in [7, 11) is 0.